The second kappa shape index (κ2) is 9.18. The highest BCUT2D eigenvalue weighted by Crippen LogP contribution is 2.38. The molecule has 2 aromatic heterocycles. The number of hydrogen-bond acceptors (Lipinski definition) is 5. The maximum Gasteiger partial charge on any atom is 0.287 e. The van der Waals surface area contributed by atoms with E-state index in [9.17, 15) is 14.4 Å². The van der Waals surface area contributed by atoms with Gasteiger partial charge in [0.05, 0.1) is 11.8 Å². The fourth-order valence-corrected chi connectivity index (χ4v) is 5.11. The van der Waals surface area contributed by atoms with E-state index in [1.54, 1.807) is 6.07 Å². The molecule has 1 unspecified atom stereocenters. The molecule has 0 spiro atoms. The van der Waals surface area contributed by atoms with Crippen LogP contribution in [0, 0.1) is 0 Å². The van der Waals surface area contributed by atoms with Crippen LogP contribution in [0.5, 0.6) is 0 Å². The number of fused-ring (bicyclic) bond motifs is 1. The number of furan rings is 1. The van der Waals surface area contributed by atoms with Crippen LogP contribution in [0.1, 0.15) is 49.8 Å². The van der Waals surface area contributed by atoms with Gasteiger partial charge >= 0.3 is 0 Å². The van der Waals surface area contributed by atoms with Gasteiger partial charge in [0.25, 0.3) is 11.8 Å². The molecule has 7 nitrogen and oxygen atoms in total. The zero-order chi connectivity index (χ0) is 21.8. The molecular formula is C23H23N3O4S. The molecule has 3 amide bonds. The van der Waals surface area contributed by atoms with Crippen LogP contribution in [0.3, 0.4) is 0 Å². The Balaban J connectivity index is 1.59. The van der Waals surface area contributed by atoms with E-state index in [1.165, 1.54) is 23.7 Å². The number of aryl methyl sites for hydroxylation is 1. The van der Waals surface area contributed by atoms with Crippen LogP contribution < -0.4 is 16.4 Å². The smallest absolute Gasteiger partial charge is 0.287 e. The van der Waals surface area contributed by atoms with Crippen molar-refractivity contribution in [2.45, 2.75) is 38.1 Å². The first-order valence-corrected chi connectivity index (χ1v) is 11.0. The van der Waals surface area contributed by atoms with Crippen molar-refractivity contribution in [1.82, 2.24) is 5.32 Å². The molecule has 1 aliphatic carbocycles. The molecule has 3 aromatic rings. The molecule has 1 atom stereocenters. The average molecular weight is 438 g/mol. The topological polar surface area (TPSA) is 114 Å². The summed E-state index contributed by atoms with van der Waals surface area (Å²) >= 11 is 1.39. The van der Waals surface area contributed by atoms with Gasteiger partial charge in [-0.3, -0.25) is 14.4 Å². The molecule has 4 N–H and O–H groups in total. The van der Waals surface area contributed by atoms with Gasteiger partial charge in [0, 0.05) is 11.3 Å². The van der Waals surface area contributed by atoms with Gasteiger partial charge in [0.1, 0.15) is 11.0 Å². The summed E-state index contributed by atoms with van der Waals surface area (Å²) in [4.78, 5) is 39.0. The number of nitrogens with two attached hydrogens (primary N) is 1. The van der Waals surface area contributed by atoms with Crippen molar-refractivity contribution in [3.8, 4) is 0 Å². The molecule has 31 heavy (non-hydrogen) atoms. The predicted molar refractivity (Wildman–Crippen MR) is 118 cm³/mol. The van der Waals surface area contributed by atoms with Gasteiger partial charge in [-0.1, -0.05) is 30.3 Å². The molecule has 1 aliphatic rings. The normalized spacial score (nSPS) is 13.8. The van der Waals surface area contributed by atoms with Crippen molar-refractivity contribution in [1.29, 1.82) is 0 Å². The summed E-state index contributed by atoms with van der Waals surface area (Å²) in [5, 5.41) is 6.05. The Morgan fingerprint density at radius 3 is 2.55 bits per heavy atom. The lowest BCUT2D eigenvalue weighted by Crippen LogP contribution is -2.45. The summed E-state index contributed by atoms with van der Waals surface area (Å²) in [7, 11) is 0. The van der Waals surface area contributed by atoms with Crippen molar-refractivity contribution in [3.63, 3.8) is 0 Å². The van der Waals surface area contributed by atoms with E-state index in [0.29, 0.717) is 10.6 Å². The Morgan fingerprint density at radius 2 is 1.84 bits per heavy atom. The number of amides is 3. The van der Waals surface area contributed by atoms with E-state index in [1.807, 2.05) is 30.3 Å². The van der Waals surface area contributed by atoms with E-state index in [0.717, 1.165) is 41.7 Å². The Labute approximate surface area is 183 Å². The highest BCUT2D eigenvalue weighted by atomic mass is 32.1. The molecule has 1 aromatic carbocycles. The van der Waals surface area contributed by atoms with E-state index in [-0.39, 0.29) is 12.2 Å². The van der Waals surface area contributed by atoms with Crippen molar-refractivity contribution in [2.75, 3.05) is 5.32 Å². The summed E-state index contributed by atoms with van der Waals surface area (Å²) in [6, 6.07) is 11.7. The van der Waals surface area contributed by atoms with Gasteiger partial charge in [-0.05, 0) is 48.9 Å². The summed E-state index contributed by atoms with van der Waals surface area (Å²) in [5.74, 6) is -1.32. The van der Waals surface area contributed by atoms with Crippen LogP contribution in [0.2, 0.25) is 0 Å². The third-order valence-electron chi connectivity index (χ3n) is 5.30. The summed E-state index contributed by atoms with van der Waals surface area (Å²) < 4.78 is 5.15. The fourth-order valence-electron chi connectivity index (χ4n) is 3.81. The third-order valence-corrected chi connectivity index (χ3v) is 6.51. The van der Waals surface area contributed by atoms with Gasteiger partial charge in [0.2, 0.25) is 5.91 Å². The van der Waals surface area contributed by atoms with Gasteiger partial charge in [0.15, 0.2) is 5.76 Å². The Bertz CT molecular complexity index is 1090. The number of benzene rings is 1. The highest BCUT2D eigenvalue weighted by Gasteiger charge is 2.28. The SMILES string of the molecule is NC(=O)c1c(NC(=O)C(Cc2ccccc2)NC(=O)c2ccco2)sc2c1CCCC2. The van der Waals surface area contributed by atoms with E-state index in [4.69, 9.17) is 10.2 Å². The van der Waals surface area contributed by atoms with Crippen LogP contribution in [0.15, 0.2) is 53.1 Å². The number of thiophene rings is 1. The Hall–Kier alpha value is -3.39. The average Bonchev–Trinajstić information content (AvgIpc) is 3.41. The first-order valence-electron chi connectivity index (χ1n) is 10.2. The quantitative estimate of drug-likeness (QED) is 0.526. The standard InChI is InChI=1S/C23H23N3O4S/c24-20(27)19-15-9-4-5-11-18(15)31-23(19)26-21(28)16(13-14-7-2-1-3-8-14)25-22(29)17-10-6-12-30-17/h1-3,6-8,10,12,16H,4-5,9,11,13H2,(H2,24,27)(H,25,29)(H,26,28). The molecule has 160 valence electrons. The van der Waals surface area contributed by atoms with Crippen LogP contribution in [0.4, 0.5) is 5.00 Å². The molecule has 0 saturated heterocycles. The zero-order valence-electron chi connectivity index (χ0n) is 16.9. The van der Waals surface area contributed by atoms with E-state index in [2.05, 4.69) is 10.6 Å². The predicted octanol–water partition coefficient (Wildman–Crippen LogP) is 3.30. The number of anilines is 1. The third kappa shape index (κ3) is 4.69. The number of nitrogens with one attached hydrogen (secondary N) is 2. The van der Waals surface area contributed by atoms with Gasteiger partial charge < -0.3 is 20.8 Å². The van der Waals surface area contributed by atoms with Gasteiger partial charge in [-0.15, -0.1) is 11.3 Å². The first kappa shape index (κ1) is 20.9. The minimum atomic E-state index is -0.861. The second-order valence-electron chi connectivity index (χ2n) is 7.46. The van der Waals surface area contributed by atoms with Crippen molar-refractivity contribution in [2.24, 2.45) is 5.73 Å². The molecule has 2 heterocycles. The van der Waals surface area contributed by atoms with E-state index < -0.39 is 23.8 Å². The van der Waals surface area contributed by atoms with E-state index >= 15 is 0 Å². The van der Waals surface area contributed by atoms with Crippen LogP contribution in [0.25, 0.3) is 0 Å². The number of rotatable bonds is 7. The van der Waals surface area contributed by atoms with Gasteiger partial charge in [-0.2, -0.15) is 0 Å². The molecule has 0 aliphatic heterocycles. The number of primary amides is 1. The van der Waals surface area contributed by atoms with Crippen molar-refractivity contribution < 1.29 is 18.8 Å². The zero-order valence-corrected chi connectivity index (χ0v) is 17.7. The fraction of sp³-hybridized carbons (Fsp3) is 0.261. The molecule has 0 saturated carbocycles. The van der Waals surface area contributed by atoms with Crippen molar-refractivity contribution in [3.05, 3.63) is 76.1 Å². The minimum Gasteiger partial charge on any atom is -0.459 e. The summed E-state index contributed by atoms with van der Waals surface area (Å²) in [5.41, 5.74) is 7.86. The van der Waals surface area contributed by atoms with Crippen LogP contribution in [-0.4, -0.2) is 23.8 Å². The van der Waals surface area contributed by atoms with Crippen LogP contribution >= 0.6 is 11.3 Å². The van der Waals surface area contributed by atoms with Gasteiger partial charge in [-0.25, -0.2) is 0 Å². The van der Waals surface area contributed by atoms with Crippen molar-refractivity contribution >= 4 is 34.1 Å². The molecule has 0 fully saturated rings. The Morgan fingerprint density at radius 1 is 1.06 bits per heavy atom. The maximum atomic E-state index is 13.2. The molecule has 0 radical (unpaired) electrons. The molecule has 8 heteroatoms. The number of carbonyl (C=O) groups excluding carboxylic acids is 3. The Kier molecular flexibility index (Phi) is 6.18. The minimum absolute atomic E-state index is 0.121. The summed E-state index contributed by atoms with van der Waals surface area (Å²) in [6.07, 6.45) is 5.39. The number of carbonyl (C=O) groups is 3. The largest absolute Gasteiger partial charge is 0.459 e. The number of hydrogen-bond donors (Lipinski definition) is 3. The lowest BCUT2D eigenvalue weighted by Gasteiger charge is -2.18. The maximum absolute atomic E-state index is 13.2. The molecular weight excluding hydrogens is 414 g/mol. The lowest BCUT2D eigenvalue weighted by molar-refractivity contribution is -0.117. The molecule has 4 rings (SSSR count). The highest BCUT2D eigenvalue weighted by molar-refractivity contribution is 7.17. The second-order valence-corrected chi connectivity index (χ2v) is 8.57. The monoisotopic (exact) mass is 437 g/mol. The summed E-state index contributed by atoms with van der Waals surface area (Å²) in [6.45, 7) is 0. The lowest BCUT2D eigenvalue weighted by atomic mass is 9.95. The first-order chi connectivity index (χ1) is 15.0. The van der Waals surface area contributed by atoms with Crippen LogP contribution in [-0.2, 0) is 24.1 Å². The molecule has 0 bridgehead atoms.